The number of piperazine rings is 1. The van der Waals surface area contributed by atoms with Crippen molar-refractivity contribution < 1.29 is 9.26 Å². The summed E-state index contributed by atoms with van der Waals surface area (Å²) in [7, 11) is 2.08. The summed E-state index contributed by atoms with van der Waals surface area (Å²) in [4.78, 5) is 6.85. The molecule has 146 valence electrons. The lowest BCUT2D eigenvalue weighted by Crippen LogP contribution is -2.44. The van der Waals surface area contributed by atoms with Crippen molar-refractivity contribution in [2.75, 3.05) is 26.7 Å². The van der Waals surface area contributed by atoms with Crippen LogP contribution in [-0.2, 0) is 6.42 Å². The molecule has 1 saturated heterocycles. The maximum atomic E-state index is 6.21. The molecule has 3 aromatic rings. The number of likely N-dealkylation sites (N-methyl/N-ethyl adjacent to an activating group) is 1. The summed E-state index contributed by atoms with van der Waals surface area (Å²) in [6.45, 7) is 4.72. The van der Waals surface area contributed by atoms with E-state index in [0.717, 1.165) is 37.4 Å². The average molecular weight is 378 g/mol. The maximum Gasteiger partial charge on any atom is 0.267 e. The molecule has 2 unspecified atom stereocenters. The van der Waals surface area contributed by atoms with Crippen LogP contribution in [0.25, 0.3) is 0 Å². The fourth-order valence-electron chi connectivity index (χ4n) is 3.46. The van der Waals surface area contributed by atoms with Gasteiger partial charge in [-0.15, -0.1) is 0 Å². The van der Waals surface area contributed by atoms with Crippen LogP contribution in [0.15, 0.2) is 59.1 Å². The number of ether oxygens (including phenoxy) is 1. The highest BCUT2D eigenvalue weighted by atomic mass is 16.5. The summed E-state index contributed by atoms with van der Waals surface area (Å²) in [6.07, 6.45) is 0.497. The number of rotatable bonds is 6. The van der Waals surface area contributed by atoms with Crippen LogP contribution >= 0.6 is 0 Å². The van der Waals surface area contributed by atoms with E-state index in [2.05, 4.69) is 57.7 Å². The first-order chi connectivity index (χ1) is 13.7. The predicted molar refractivity (Wildman–Crippen MR) is 107 cm³/mol. The molecule has 6 nitrogen and oxygen atoms in total. The SMILES string of the molecule is CC(Oc1ccccc1Cc1ccccc1)c1nc(C2CNCCN2C)no1. The molecule has 6 heteroatoms. The summed E-state index contributed by atoms with van der Waals surface area (Å²) in [5.41, 5.74) is 2.38. The zero-order valence-corrected chi connectivity index (χ0v) is 16.3. The summed E-state index contributed by atoms with van der Waals surface area (Å²) >= 11 is 0. The number of nitrogens with one attached hydrogen (secondary N) is 1. The van der Waals surface area contributed by atoms with Crippen LogP contribution in [0, 0.1) is 0 Å². The summed E-state index contributed by atoms with van der Waals surface area (Å²) in [5.74, 6) is 2.05. The Hall–Kier alpha value is -2.70. The Morgan fingerprint density at radius 1 is 1.18 bits per heavy atom. The average Bonchev–Trinajstić information content (AvgIpc) is 3.21. The standard InChI is InChI=1S/C22H26N4O2/c1-16(22-24-21(25-28-22)19-15-23-12-13-26(19)2)27-20-11-7-6-10-18(20)14-17-8-4-3-5-9-17/h3-11,16,19,23H,12-15H2,1-2H3. The largest absolute Gasteiger partial charge is 0.481 e. The fourth-order valence-corrected chi connectivity index (χ4v) is 3.46. The zero-order chi connectivity index (χ0) is 19.3. The van der Waals surface area contributed by atoms with E-state index in [4.69, 9.17) is 9.26 Å². The third-order valence-corrected chi connectivity index (χ3v) is 5.13. The molecule has 2 aromatic carbocycles. The second kappa shape index (κ2) is 8.54. The van der Waals surface area contributed by atoms with E-state index in [1.54, 1.807) is 0 Å². The van der Waals surface area contributed by atoms with Crippen molar-refractivity contribution in [3.63, 3.8) is 0 Å². The number of hydrogen-bond donors (Lipinski definition) is 1. The van der Waals surface area contributed by atoms with E-state index < -0.39 is 0 Å². The number of benzene rings is 2. The minimum atomic E-state index is -0.319. The van der Waals surface area contributed by atoms with E-state index in [9.17, 15) is 0 Å². The van der Waals surface area contributed by atoms with Gasteiger partial charge in [-0.25, -0.2) is 0 Å². The van der Waals surface area contributed by atoms with Crippen molar-refractivity contribution in [3.05, 3.63) is 77.4 Å². The minimum Gasteiger partial charge on any atom is -0.481 e. The van der Waals surface area contributed by atoms with Crippen LogP contribution < -0.4 is 10.1 Å². The van der Waals surface area contributed by atoms with Gasteiger partial charge in [0, 0.05) is 26.1 Å². The fraction of sp³-hybridized carbons (Fsp3) is 0.364. The van der Waals surface area contributed by atoms with Crippen LogP contribution in [0.5, 0.6) is 5.75 Å². The van der Waals surface area contributed by atoms with Gasteiger partial charge in [0.1, 0.15) is 5.75 Å². The summed E-state index contributed by atoms with van der Waals surface area (Å²) in [5, 5.41) is 7.57. The van der Waals surface area contributed by atoms with E-state index in [-0.39, 0.29) is 12.1 Å². The van der Waals surface area contributed by atoms with Crippen molar-refractivity contribution in [2.24, 2.45) is 0 Å². The Morgan fingerprint density at radius 2 is 1.96 bits per heavy atom. The maximum absolute atomic E-state index is 6.21. The van der Waals surface area contributed by atoms with Crippen molar-refractivity contribution in [3.8, 4) is 5.75 Å². The second-order valence-electron chi connectivity index (χ2n) is 7.22. The normalized spacial score (nSPS) is 18.7. The van der Waals surface area contributed by atoms with E-state index in [1.807, 2.05) is 31.2 Å². The lowest BCUT2D eigenvalue weighted by atomic mass is 10.0. The van der Waals surface area contributed by atoms with Gasteiger partial charge in [0.25, 0.3) is 5.89 Å². The quantitative estimate of drug-likeness (QED) is 0.709. The number of aromatic nitrogens is 2. The summed E-state index contributed by atoms with van der Waals surface area (Å²) < 4.78 is 11.7. The van der Waals surface area contributed by atoms with Crippen molar-refractivity contribution >= 4 is 0 Å². The molecule has 0 aliphatic carbocycles. The molecule has 1 aromatic heterocycles. The van der Waals surface area contributed by atoms with E-state index >= 15 is 0 Å². The van der Waals surface area contributed by atoms with Gasteiger partial charge in [0.05, 0.1) is 6.04 Å². The van der Waals surface area contributed by atoms with Gasteiger partial charge in [0.2, 0.25) is 0 Å². The van der Waals surface area contributed by atoms with Crippen LogP contribution in [0.1, 0.15) is 41.9 Å². The van der Waals surface area contributed by atoms with Gasteiger partial charge in [-0.2, -0.15) is 4.98 Å². The Balaban J connectivity index is 1.48. The molecule has 2 heterocycles. The van der Waals surface area contributed by atoms with Crippen molar-refractivity contribution in [2.45, 2.75) is 25.5 Å². The molecular formula is C22H26N4O2. The summed E-state index contributed by atoms with van der Waals surface area (Å²) in [6, 6.07) is 18.6. The topological polar surface area (TPSA) is 63.4 Å². The van der Waals surface area contributed by atoms with Gasteiger partial charge < -0.3 is 14.6 Å². The monoisotopic (exact) mass is 378 g/mol. The first kappa shape index (κ1) is 18.7. The Bertz CT molecular complexity index is 896. The van der Waals surface area contributed by atoms with Crippen molar-refractivity contribution in [1.29, 1.82) is 0 Å². The first-order valence-electron chi connectivity index (χ1n) is 9.73. The van der Waals surface area contributed by atoms with Crippen molar-refractivity contribution in [1.82, 2.24) is 20.4 Å². The molecular weight excluding hydrogens is 352 g/mol. The molecule has 2 atom stereocenters. The van der Waals surface area contributed by atoms with Gasteiger partial charge in [0.15, 0.2) is 11.9 Å². The lowest BCUT2D eigenvalue weighted by Gasteiger charge is -2.30. The highest BCUT2D eigenvalue weighted by molar-refractivity contribution is 5.37. The van der Waals surface area contributed by atoms with E-state index in [1.165, 1.54) is 5.56 Å². The van der Waals surface area contributed by atoms with Crippen LogP contribution in [0.4, 0.5) is 0 Å². The highest BCUT2D eigenvalue weighted by Crippen LogP contribution is 2.27. The van der Waals surface area contributed by atoms with E-state index in [0.29, 0.717) is 11.7 Å². The van der Waals surface area contributed by atoms with Crippen LogP contribution in [0.3, 0.4) is 0 Å². The smallest absolute Gasteiger partial charge is 0.267 e. The molecule has 4 rings (SSSR count). The van der Waals surface area contributed by atoms with Crippen LogP contribution in [-0.4, -0.2) is 41.7 Å². The number of para-hydroxylation sites is 1. The third-order valence-electron chi connectivity index (χ3n) is 5.13. The molecule has 1 N–H and O–H groups in total. The molecule has 28 heavy (non-hydrogen) atoms. The van der Waals surface area contributed by atoms with Crippen LogP contribution in [0.2, 0.25) is 0 Å². The molecule has 1 aliphatic rings. The number of hydrogen-bond acceptors (Lipinski definition) is 6. The molecule has 0 bridgehead atoms. The molecule has 0 spiro atoms. The van der Waals surface area contributed by atoms with Gasteiger partial charge in [-0.1, -0.05) is 53.7 Å². The molecule has 0 saturated carbocycles. The van der Waals surface area contributed by atoms with Gasteiger partial charge in [-0.05, 0) is 31.2 Å². The highest BCUT2D eigenvalue weighted by Gasteiger charge is 2.27. The Kier molecular flexibility index (Phi) is 5.69. The zero-order valence-electron chi connectivity index (χ0n) is 16.3. The van der Waals surface area contributed by atoms with Gasteiger partial charge in [-0.3, -0.25) is 4.90 Å². The first-order valence-corrected chi connectivity index (χ1v) is 9.73. The third kappa shape index (κ3) is 4.24. The number of nitrogens with zero attached hydrogens (tertiary/aromatic N) is 3. The molecule has 0 radical (unpaired) electrons. The molecule has 1 fully saturated rings. The molecule has 0 amide bonds. The second-order valence-corrected chi connectivity index (χ2v) is 7.22. The predicted octanol–water partition coefficient (Wildman–Crippen LogP) is 3.38. The Morgan fingerprint density at radius 3 is 2.79 bits per heavy atom. The minimum absolute atomic E-state index is 0.129. The Labute approximate surface area is 165 Å². The van der Waals surface area contributed by atoms with Gasteiger partial charge >= 0.3 is 0 Å². The lowest BCUT2D eigenvalue weighted by molar-refractivity contribution is 0.172. The molecule has 1 aliphatic heterocycles.